The van der Waals surface area contributed by atoms with E-state index in [9.17, 15) is 4.91 Å². The zero-order valence-corrected chi connectivity index (χ0v) is 9.57. The Labute approximate surface area is 91.7 Å². The van der Waals surface area contributed by atoms with Gasteiger partial charge in [0.1, 0.15) is 6.04 Å². The van der Waals surface area contributed by atoms with Crippen LogP contribution in [0.25, 0.3) is 0 Å². The van der Waals surface area contributed by atoms with Crippen molar-refractivity contribution in [2.24, 2.45) is 5.18 Å². The van der Waals surface area contributed by atoms with Gasteiger partial charge in [-0.05, 0) is 18.9 Å². The molecule has 2 nitrogen and oxygen atoms in total. The van der Waals surface area contributed by atoms with E-state index in [-0.39, 0.29) is 6.04 Å². The highest BCUT2D eigenvalue weighted by Gasteiger charge is 2.10. The molecular weight excluding hydrogens is 186 g/mol. The van der Waals surface area contributed by atoms with Crippen LogP contribution >= 0.6 is 0 Å². The number of hydrogen-bond acceptors (Lipinski definition) is 2. The summed E-state index contributed by atoms with van der Waals surface area (Å²) in [7, 11) is 0. The second kappa shape index (κ2) is 6.33. The molecule has 1 atom stereocenters. The van der Waals surface area contributed by atoms with Gasteiger partial charge in [-0.1, -0.05) is 61.2 Å². The summed E-state index contributed by atoms with van der Waals surface area (Å²) in [6.45, 7) is 4.21. The van der Waals surface area contributed by atoms with Crippen molar-refractivity contribution in [3.05, 3.63) is 40.3 Å². The second-order valence-corrected chi connectivity index (χ2v) is 4.03. The summed E-state index contributed by atoms with van der Waals surface area (Å²) in [5, 5.41) is 3.21. The first kappa shape index (κ1) is 11.9. The van der Waals surface area contributed by atoms with Gasteiger partial charge >= 0.3 is 0 Å². The maximum Gasteiger partial charge on any atom is 0.117 e. The minimum Gasteiger partial charge on any atom is -0.150 e. The third-order valence-corrected chi connectivity index (χ3v) is 2.67. The van der Waals surface area contributed by atoms with E-state index in [1.807, 2.05) is 31.2 Å². The molecular formula is C13H19NO. The van der Waals surface area contributed by atoms with Gasteiger partial charge in [-0.25, -0.2) is 0 Å². The number of rotatable bonds is 6. The summed E-state index contributed by atoms with van der Waals surface area (Å²) in [5.74, 6) is 0. The third-order valence-electron chi connectivity index (χ3n) is 2.67. The first-order valence-electron chi connectivity index (χ1n) is 5.67. The number of unbranched alkanes of at least 4 members (excludes halogenated alkanes) is 2. The number of nitrogens with zero attached hydrogens (tertiary/aromatic N) is 1. The number of benzene rings is 1. The van der Waals surface area contributed by atoms with Crippen molar-refractivity contribution >= 4 is 0 Å². The predicted octanol–water partition coefficient (Wildman–Crippen LogP) is 4.38. The quantitative estimate of drug-likeness (QED) is 0.500. The lowest BCUT2D eigenvalue weighted by molar-refractivity contribution is 0.580. The molecule has 2 heteroatoms. The summed E-state index contributed by atoms with van der Waals surface area (Å²) in [5.41, 5.74) is 2.27. The highest BCUT2D eigenvalue weighted by atomic mass is 16.3. The number of nitroso groups, excluding NO2 is 1. The van der Waals surface area contributed by atoms with Crippen molar-refractivity contribution in [3.63, 3.8) is 0 Å². The van der Waals surface area contributed by atoms with Crippen molar-refractivity contribution in [2.45, 2.75) is 45.6 Å². The third kappa shape index (κ3) is 3.82. The molecule has 1 rings (SSSR count). The molecule has 1 unspecified atom stereocenters. The lowest BCUT2D eigenvalue weighted by atomic mass is 10.0. The molecule has 0 aromatic heterocycles. The first-order valence-corrected chi connectivity index (χ1v) is 5.67. The average Bonchev–Trinajstić information content (AvgIpc) is 2.26. The Morgan fingerprint density at radius 2 is 1.87 bits per heavy atom. The maximum absolute atomic E-state index is 10.7. The Bertz CT molecular complexity index is 292. The Morgan fingerprint density at radius 3 is 2.40 bits per heavy atom. The van der Waals surface area contributed by atoms with Gasteiger partial charge in [-0.15, -0.1) is 0 Å². The molecule has 0 saturated heterocycles. The van der Waals surface area contributed by atoms with Crippen LogP contribution in [0.3, 0.4) is 0 Å². The monoisotopic (exact) mass is 205 g/mol. The van der Waals surface area contributed by atoms with Gasteiger partial charge in [-0.3, -0.25) is 0 Å². The smallest absolute Gasteiger partial charge is 0.117 e. The normalized spacial score (nSPS) is 12.4. The molecule has 15 heavy (non-hydrogen) atoms. The van der Waals surface area contributed by atoms with E-state index in [1.54, 1.807) is 0 Å². The Balaban J connectivity index is 2.57. The van der Waals surface area contributed by atoms with Gasteiger partial charge < -0.3 is 0 Å². The topological polar surface area (TPSA) is 29.4 Å². The molecule has 0 spiro atoms. The number of aryl methyl sites for hydroxylation is 1. The molecule has 0 fully saturated rings. The fourth-order valence-corrected chi connectivity index (χ4v) is 1.66. The molecule has 0 radical (unpaired) electrons. The fraction of sp³-hybridized carbons (Fsp3) is 0.538. The molecule has 0 aliphatic heterocycles. The van der Waals surface area contributed by atoms with Crippen LogP contribution in [0.2, 0.25) is 0 Å². The van der Waals surface area contributed by atoms with Gasteiger partial charge in [0.15, 0.2) is 0 Å². The summed E-state index contributed by atoms with van der Waals surface area (Å²) in [6, 6.07) is 7.93. The molecule has 0 aliphatic rings. The van der Waals surface area contributed by atoms with Gasteiger partial charge in [0, 0.05) is 0 Å². The van der Waals surface area contributed by atoms with E-state index in [1.165, 1.54) is 18.4 Å². The van der Waals surface area contributed by atoms with Gasteiger partial charge in [0.2, 0.25) is 0 Å². The van der Waals surface area contributed by atoms with Crippen molar-refractivity contribution in [3.8, 4) is 0 Å². The summed E-state index contributed by atoms with van der Waals surface area (Å²) in [6.07, 6.45) is 4.32. The Morgan fingerprint density at radius 1 is 1.20 bits per heavy atom. The fourth-order valence-electron chi connectivity index (χ4n) is 1.66. The van der Waals surface area contributed by atoms with Crippen LogP contribution in [0, 0.1) is 11.8 Å². The molecule has 0 saturated carbocycles. The summed E-state index contributed by atoms with van der Waals surface area (Å²) < 4.78 is 0. The lowest BCUT2D eigenvalue weighted by Crippen LogP contribution is -1.94. The van der Waals surface area contributed by atoms with Gasteiger partial charge in [-0.2, -0.15) is 4.91 Å². The lowest BCUT2D eigenvalue weighted by Gasteiger charge is -2.09. The van der Waals surface area contributed by atoms with Crippen LogP contribution in [0.15, 0.2) is 29.4 Å². The predicted molar refractivity (Wildman–Crippen MR) is 63.9 cm³/mol. The molecule has 82 valence electrons. The SMILES string of the molecule is CCCCCC(N=O)c1ccc(C)cc1. The highest BCUT2D eigenvalue weighted by Crippen LogP contribution is 2.23. The molecule has 0 N–H and O–H groups in total. The van der Waals surface area contributed by atoms with E-state index >= 15 is 0 Å². The Hall–Kier alpha value is -1.18. The van der Waals surface area contributed by atoms with E-state index in [4.69, 9.17) is 0 Å². The molecule has 0 heterocycles. The molecule has 0 amide bonds. The van der Waals surface area contributed by atoms with E-state index in [0.717, 1.165) is 18.4 Å². The zero-order valence-electron chi connectivity index (χ0n) is 9.57. The number of hydrogen-bond donors (Lipinski definition) is 0. The summed E-state index contributed by atoms with van der Waals surface area (Å²) >= 11 is 0. The van der Waals surface area contributed by atoms with Crippen molar-refractivity contribution in [1.29, 1.82) is 0 Å². The molecule has 0 aliphatic carbocycles. The van der Waals surface area contributed by atoms with Crippen molar-refractivity contribution in [1.82, 2.24) is 0 Å². The van der Waals surface area contributed by atoms with Crippen LogP contribution in [0.5, 0.6) is 0 Å². The highest BCUT2D eigenvalue weighted by molar-refractivity contribution is 5.24. The Kier molecular flexibility index (Phi) is 5.02. The van der Waals surface area contributed by atoms with Crippen molar-refractivity contribution < 1.29 is 0 Å². The first-order chi connectivity index (χ1) is 7.27. The molecule has 0 bridgehead atoms. The van der Waals surface area contributed by atoms with Crippen molar-refractivity contribution in [2.75, 3.05) is 0 Å². The molecule has 1 aromatic rings. The maximum atomic E-state index is 10.7. The van der Waals surface area contributed by atoms with Crippen LogP contribution in [0.4, 0.5) is 0 Å². The van der Waals surface area contributed by atoms with Crippen LogP contribution in [-0.2, 0) is 0 Å². The molecule has 1 aromatic carbocycles. The largest absolute Gasteiger partial charge is 0.150 e. The van der Waals surface area contributed by atoms with Crippen LogP contribution < -0.4 is 0 Å². The summed E-state index contributed by atoms with van der Waals surface area (Å²) in [4.78, 5) is 10.7. The zero-order chi connectivity index (χ0) is 11.1. The van der Waals surface area contributed by atoms with E-state index < -0.39 is 0 Å². The van der Waals surface area contributed by atoms with Gasteiger partial charge in [0.05, 0.1) is 0 Å². The second-order valence-electron chi connectivity index (χ2n) is 4.03. The minimum absolute atomic E-state index is 0.155. The standard InChI is InChI=1S/C13H19NO/c1-3-4-5-6-13(14-15)12-9-7-11(2)8-10-12/h7-10,13H,3-6H2,1-2H3. The van der Waals surface area contributed by atoms with Gasteiger partial charge in [0.25, 0.3) is 0 Å². The van der Waals surface area contributed by atoms with Crippen LogP contribution in [0.1, 0.15) is 49.8 Å². The van der Waals surface area contributed by atoms with Crippen LogP contribution in [-0.4, -0.2) is 0 Å². The van der Waals surface area contributed by atoms with E-state index in [0.29, 0.717) is 0 Å². The average molecular weight is 205 g/mol. The minimum atomic E-state index is -0.155. The van der Waals surface area contributed by atoms with E-state index in [2.05, 4.69) is 12.1 Å².